The normalized spacial score (nSPS) is 16.9. The van der Waals surface area contributed by atoms with E-state index < -0.39 is 25.9 Å². The van der Waals surface area contributed by atoms with Gasteiger partial charge in [-0.2, -0.15) is 0 Å². The second-order valence-corrected chi connectivity index (χ2v) is 50.3. The Hall–Kier alpha value is -5.08. The van der Waals surface area contributed by atoms with Crippen molar-refractivity contribution in [2.45, 2.75) is 152 Å². The minimum atomic E-state index is -6.19. The predicted octanol–water partition coefficient (Wildman–Crippen LogP) is 19.4. The summed E-state index contributed by atoms with van der Waals surface area (Å²) in [5.74, 6) is 0. The van der Waals surface area contributed by atoms with E-state index in [1.54, 1.807) is 0 Å². The van der Waals surface area contributed by atoms with Gasteiger partial charge >= 0.3 is 495 Å². The summed E-state index contributed by atoms with van der Waals surface area (Å²) in [6, 6.07) is 63.5. The van der Waals surface area contributed by atoms with Gasteiger partial charge in [-0.05, 0) is 0 Å². The van der Waals surface area contributed by atoms with Gasteiger partial charge < -0.3 is 0 Å². The van der Waals surface area contributed by atoms with Gasteiger partial charge in [0.05, 0.1) is 0 Å². The molecule has 0 fully saturated rings. The molecule has 0 saturated carbocycles. The van der Waals surface area contributed by atoms with E-state index in [4.69, 9.17) is 0 Å². The van der Waals surface area contributed by atoms with Gasteiger partial charge in [-0.3, -0.25) is 0 Å². The quantitative estimate of drug-likeness (QED) is 0.113. The molecule has 4 heteroatoms. The Morgan fingerprint density at radius 3 is 1.20 bits per heavy atom. The summed E-state index contributed by atoms with van der Waals surface area (Å²) in [5, 5.41) is 2.90. The Kier molecular flexibility index (Phi) is 14.7. The molecule has 1 aliphatic heterocycles. The fourth-order valence-corrected chi connectivity index (χ4v) is 40.9. The molecule has 11 rings (SSSR count). The number of rotatable bonds is 11. The maximum atomic E-state index is 9.96. The van der Waals surface area contributed by atoms with E-state index in [0.29, 0.717) is 0 Å². The van der Waals surface area contributed by atoms with E-state index >= 15 is 0 Å². The van der Waals surface area contributed by atoms with E-state index in [1.165, 1.54) is 125 Å². The summed E-state index contributed by atoms with van der Waals surface area (Å²) in [6.07, 6.45) is 9.15. The summed E-state index contributed by atoms with van der Waals surface area (Å²) < 4.78 is 0.604. The Bertz CT molecular complexity index is 3530. The molecule has 0 saturated heterocycles. The van der Waals surface area contributed by atoms with Crippen LogP contribution in [0.3, 0.4) is 0 Å². The molecule has 0 N–H and O–H groups in total. The first-order chi connectivity index (χ1) is 37.8. The first-order valence-corrected chi connectivity index (χ1v) is 41.6. The number of fused-ring (bicyclic) bond motifs is 5. The average Bonchev–Trinajstić information content (AvgIpc) is 4.25. The van der Waals surface area contributed by atoms with E-state index in [2.05, 4.69) is 273 Å². The summed E-state index contributed by atoms with van der Waals surface area (Å²) in [4.78, 5) is 0. The Labute approximate surface area is 491 Å². The standard InChI is InChI=1S/2C32H37.C12H9Si.2ClH.Zr/c2*1-8-12-23-15-16-24-17-25(22-13-10-9-11-14-22)20-29(24)30(23)26-18-27(31(2,3)4)21-28(19-26)32(5,6)7;1-3-7-11-9(5-1)10-6-2-4-8-12(10)13-11;;;/h2*9-11,13-21H,8,12H2,1-7H3;1-7H,13H2;2*1H;/q;;;;;+2/p-2. The molecule has 2 unspecified atom stereocenters. The number of aryl methyl sites for hydroxylation is 2. The number of benzene rings is 8. The van der Waals surface area contributed by atoms with Crippen molar-refractivity contribution in [1.82, 2.24) is 0 Å². The molecule has 1 heterocycles. The molecular weight excluding hydrogens is 1100 g/mol. The van der Waals surface area contributed by atoms with Gasteiger partial charge in [-0.25, -0.2) is 0 Å². The van der Waals surface area contributed by atoms with Crippen LogP contribution in [0.25, 0.3) is 56.7 Å². The van der Waals surface area contributed by atoms with Crippen LogP contribution in [0.4, 0.5) is 0 Å². The summed E-state index contributed by atoms with van der Waals surface area (Å²) in [7, 11) is 18.9. The Morgan fingerprint density at radius 1 is 0.412 bits per heavy atom. The van der Waals surface area contributed by atoms with E-state index in [0.717, 1.165) is 25.7 Å². The summed E-state index contributed by atoms with van der Waals surface area (Å²) >= 11 is -6.19. The fraction of sp³-hybridized carbons (Fsp3) is 0.316. The average molecular weight is 1190 g/mol. The first-order valence-electron chi connectivity index (χ1n) is 29.8. The van der Waals surface area contributed by atoms with Crippen molar-refractivity contribution in [3.8, 4) is 33.4 Å². The van der Waals surface area contributed by atoms with Crippen LogP contribution in [-0.4, -0.2) is 9.52 Å². The molecule has 0 aromatic heterocycles. The van der Waals surface area contributed by atoms with Gasteiger partial charge in [0.25, 0.3) is 0 Å². The topological polar surface area (TPSA) is 0 Å². The Balaban J connectivity index is 1.30. The molecule has 8 aromatic rings. The molecule has 0 nitrogen and oxygen atoms in total. The SMILES string of the molecule is CCCc1ccc2c(c1-c1cc(C(C)(C)C)cc(C(C)(C)C)c1)C=C(c1ccccc1)[CH]2[Zr]([Cl])([Cl])([c]1cccc2c1[SiH2]c1ccccc1-2)[CH]1C(c2ccccc2)=Cc2c1ccc(CCC)c2-c1cc(C(C)(C)C)cc(C(C)(C)C)c1. The van der Waals surface area contributed by atoms with Crippen molar-refractivity contribution >= 4 is 63.5 Å². The summed E-state index contributed by atoms with van der Waals surface area (Å²) in [5.41, 5.74) is 25.7. The van der Waals surface area contributed by atoms with Crippen molar-refractivity contribution in [3.63, 3.8) is 0 Å². The van der Waals surface area contributed by atoms with Crippen LogP contribution in [0.15, 0.2) is 164 Å². The molecule has 0 radical (unpaired) electrons. The van der Waals surface area contributed by atoms with Gasteiger partial charge in [0.1, 0.15) is 0 Å². The van der Waals surface area contributed by atoms with Crippen LogP contribution >= 0.6 is 17.0 Å². The van der Waals surface area contributed by atoms with Gasteiger partial charge in [0, 0.05) is 0 Å². The van der Waals surface area contributed by atoms with Crippen LogP contribution in [0, 0.1) is 0 Å². The van der Waals surface area contributed by atoms with Gasteiger partial charge in [-0.15, -0.1) is 0 Å². The molecule has 2 atom stereocenters. The number of hydrogen-bond acceptors (Lipinski definition) is 0. The molecular formula is C76H83Cl2SiZr. The van der Waals surface area contributed by atoms with Crippen molar-refractivity contribution in [2.75, 3.05) is 0 Å². The molecule has 0 bridgehead atoms. The third-order valence-corrected chi connectivity index (χ3v) is 40.7. The molecule has 2 aliphatic carbocycles. The zero-order chi connectivity index (χ0) is 56.9. The minimum absolute atomic E-state index is 0.0577. The third-order valence-electron chi connectivity index (χ3n) is 18.2. The van der Waals surface area contributed by atoms with Crippen LogP contribution < -0.4 is 13.6 Å². The molecule has 0 spiro atoms. The van der Waals surface area contributed by atoms with Crippen LogP contribution in [-0.2, 0) is 50.9 Å². The third kappa shape index (κ3) is 9.83. The van der Waals surface area contributed by atoms with E-state index in [-0.39, 0.29) is 28.9 Å². The molecule has 409 valence electrons. The van der Waals surface area contributed by atoms with Crippen molar-refractivity contribution < 1.29 is 16.4 Å². The maximum absolute atomic E-state index is 9.96. The van der Waals surface area contributed by atoms with E-state index in [9.17, 15) is 17.0 Å². The number of hydrogen-bond donors (Lipinski definition) is 0. The van der Waals surface area contributed by atoms with Gasteiger partial charge in [0.2, 0.25) is 0 Å². The van der Waals surface area contributed by atoms with E-state index in [1.807, 2.05) is 0 Å². The fourth-order valence-electron chi connectivity index (χ4n) is 13.9. The second-order valence-electron chi connectivity index (χ2n) is 27.9. The zero-order valence-electron chi connectivity index (χ0n) is 50.2. The second kappa shape index (κ2) is 20.7. The molecule has 3 aliphatic rings. The first kappa shape index (κ1) is 56.8. The Morgan fingerprint density at radius 2 is 0.800 bits per heavy atom. The monoisotopic (exact) mass is 1180 g/mol. The number of halogens is 2. The van der Waals surface area contributed by atoms with Crippen LogP contribution in [0.5, 0.6) is 0 Å². The van der Waals surface area contributed by atoms with Crippen molar-refractivity contribution in [1.29, 1.82) is 0 Å². The van der Waals surface area contributed by atoms with Crippen molar-refractivity contribution in [2.24, 2.45) is 0 Å². The van der Waals surface area contributed by atoms with Gasteiger partial charge in [-0.1, -0.05) is 0 Å². The zero-order valence-corrected chi connectivity index (χ0v) is 55.6. The van der Waals surface area contributed by atoms with Crippen LogP contribution in [0.1, 0.15) is 184 Å². The van der Waals surface area contributed by atoms with Crippen LogP contribution in [0.2, 0.25) is 0 Å². The van der Waals surface area contributed by atoms with Crippen molar-refractivity contribution in [3.05, 3.63) is 231 Å². The molecule has 0 amide bonds. The molecule has 80 heavy (non-hydrogen) atoms. The number of allylic oxidation sites excluding steroid dienone is 2. The summed E-state index contributed by atoms with van der Waals surface area (Å²) in [6.45, 7) is 32.9. The predicted molar refractivity (Wildman–Crippen MR) is 352 cm³/mol. The molecule has 8 aromatic carbocycles. The van der Waals surface area contributed by atoms with Gasteiger partial charge in [0.15, 0.2) is 0 Å².